The fourth-order valence-corrected chi connectivity index (χ4v) is 5.23. The Hall–Kier alpha value is -4.28. The van der Waals surface area contributed by atoms with Crippen LogP contribution in [0.1, 0.15) is 5.56 Å². The Morgan fingerprint density at radius 1 is 1.08 bits per heavy atom. The van der Waals surface area contributed by atoms with Gasteiger partial charge in [-0.1, -0.05) is 24.3 Å². The van der Waals surface area contributed by atoms with Crippen molar-refractivity contribution in [2.45, 2.75) is 12.1 Å². The van der Waals surface area contributed by atoms with Gasteiger partial charge in [-0.3, -0.25) is 4.98 Å². The first-order valence-corrected chi connectivity index (χ1v) is 12.5. The molecule has 10 heteroatoms. The SMILES string of the molecule is Fc1cccc(F)c1Nc1cc(-c2nc(N3CCOC4CNCC43)c3c(C4=CC=C4)cncc3n2)ccn1. The van der Waals surface area contributed by atoms with Crippen molar-refractivity contribution in [2.24, 2.45) is 0 Å². The summed E-state index contributed by atoms with van der Waals surface area (Å²) in [6.45, 7) is 2.89. The number of pyridine rings is 2. The molecule has 3 aromatic heterocycles. The number of rotatable bonds is 5. The number of aromatic nitrogens is 4. The van der Waals surface area contributed by atoms with Gasteiger partial charge >= 0.3 is 0 Å². The zero-order chi connectivity index (χ0) is 25.6. The van der Waals surface area contributed by atoms with Crippen LogP contribution in [0, 0.1) is 11.6 Å². The van der Waals surface area contributed by atoms with E-state index in [-0.39, 0.29) is 23.7 Å². The number of ether oxygens (including phenoxy) is 1. The molecule has 1 aromatic carbocycles. The summed E-state index contributed by atoms with van der Waals surface area (Å²) < 4.78 is 34.5. The maximum absolute atomic E-state index is 14.2. The third-order valence-corrected chi connectivity index (χ3v) is 7.15. The summed E-state index contributed by atoms with van der Waals surface area (Å²) in [4.78, 5) is 21.0. The minimum absolute atomic E-state index is 0.0812. The van der Waals surface area contributed by atoms with Gasteiger partial charge in [0.1, 0.15) is 29.0 Å². The largest absolute Gasteiger partial charge is 0.373 e. The molecule has 2 N–H and O–H groups in total. The Kier molecular flexibility index (Phi) is 5.56. The molecule has 0 bridgehead atoms. The maximum Gasteiger partial charge on any atom is 0.162 e. The summed E-state index contributed by atoms with van der Waals surface area (Å²) in [5, 5.41) is 7.13. The van der Waals surface area contributed by atoms with E-state index in [0.29, 0.717) is 30.1 Å². The van der Waals surface area contributed by atoms with Crippen LogP contribution in [0.3, 0.4) is 0 Å². The monoisotopic (exact) mass is 511 g/mol. The number of allylic oxidation sites excluding steroid dienone is 4. The lowest BCUT2D eigenvalue weighted by molar-refractivity contribution is 0.0348. The predicted molar refractivity (Wildman–Crippen MR) is 141 cm³/mol. The number of fused-ring (bicyclic) bond motifs is 2. The molecule has 2 unspecified atom stereocenters. The number of para-hydroxylation sites is 1. The predicted octanol–water partition coefficient (Wildman–Crippen LogP) is 4.24. The lowest BCUT2D eigenvalue weighted by Crippen LogP contribution is -2.51. The zero-order valence-electron chi connectivity index (χ0n) is 20.2. The number of halogens is 2. The molecule has 190 valence electrons. The summed E-state index contributed by atoms with van der Waals surface area (Å²) in [5.41, 5.74) is 3.17. The van der Waals surface area contributed by atoms with E-state index < -0.39 is 11.6 Å². The first-order chi connectivity index (χ1) is 18.7. The molecule has 2 aliphatic heterocycles. The molecule has 2 atom stereocenters. The third-order valence-electron chi connectivity index (χ3n) is 7.15. The number of hydrogen-bond acceptors (Lipinski definition) is 8. The van der Waals surface area contributed by atoms with E-state index in [4.69, 9.17) is 14.7 Å². The lowest BCUT2D eigenvalue weighted by Gasteiger charge is -2.38. The van der Waals surface area contributed by atoms with Gasteiger partial charge in [0.05, 0.1) is 35.9 Å². The Bertz CT molecular complexity index is 1600. The van der Waals surface area contributed by atoms with Crippen LogP contribution in [-0.4, -0.2) is 58.3 Å². The Balaban J connectivity index is 1.36. The summed E-state index contributed by atoms with van der Waals surface area (Å²) in [6.07, 6.45) is 11.3. The highest BCUT2D eigenvalue weighted by atomic mass is 19.1. The second-order valence-corrected chi connectivity index (χ2v) is 9.41. The number of morpholine rings is 1. The van der Waals surface area contributed by atoms with E-state index in [1.165, 1.54) is 18.2 Å². The molecule has 0 spiro atoms. The molecular formula is C28H23F2N7O. The van der Waals surface area contributed by atoms with Gasteiger partial charge in [0.15, 0.2) is 5.82 Å². The van der Waals surface area contributed by atoms with Crippen LogP contribution in [0.15, 0.2) is 67.2 Å². The molecule has 8 nitrogen and oxygen atoms in total. The third kappa shape index (κ3) is 3.89. The van der Waals surface area contributed by atoms with Crippen molar-refractivity contribution in [1.82, 2.24) is 25.3 Å². The van der Waals surface area contributed by atoms with Gasteiger partial charge < -0.3 is 20.3 Å². The molecule has 5 heterocycles. The molecule has 1 aliphatic carbocycles. The van der Waals surface area contributed by atoms with E-state index >= 15 is 0 Å². The van der Waals surface area contributed by atoms with Crippen molar-refractivity contribution in [3.63, 3.8) is 0 Å². The van der Waals surface area contributed by atoms with Crippen molar-refractivity contribution < 1.29 is 13.5 Å². The Morgan fingerprint density at radius 3 is 2.76 bits per heavy atom. The van der Waals surface area contributed by atoms with Crippen molar-refractivity contribution in [1.29, 1.82) is 0 Å². The van der Waals surface area contributed by atoms with Crippen LogP contribution in [0.25, 0.3) is 27.9 Å². The van der Waals surface area contributed by atoms with E-state index in [1.807, 2.05) is 12.3 Å². The standard InChI is InChI=1S/C28H23F2N7O/c29-19-5-2-6-20(30)26(19)35-24-11-17(7-8-33-24)27-34-21-13-31-12-18(16-3-1-4-16)25(21)28(36-27)37-9-10-38-23-15-32-14-22(23)37/h1-8,11-13,22-23,32H,9-10,14-15H2,(H,33,35). The smallest absolute Gasteiger partial charge is 0.162 e. The van der Waals surface area contributed by atoms with Crippen LogP contribution < -0.4 is 15.5 Å². The van der Waals surface area contributed by atoms with Crippen LogP contribution in [0.2, 0.25) is 0 Å². The van der Waals surface area contributed by atoms with Crippen molar-refractivity contribution in [3.05, 3.63) is 84.3 Å². The van der Waals surface area contributed by atoms with Crippen LogP contribution in [0.5, 0.6) is 0 Å². The van der Waals surface area contributed by atoms with Crippen LogP contribution in [-0.2, 0) is 4.74 Å². The second-order valence-electron chi connectivity index (χ2n) is 9.41. The normalized spacial score (nSPS) is 20.3. The van der Waals surface area contributed by atoms with Crippen molar-refractivity contribution in [3.8, 4) is 11.4 Å². The zero-order valence-corrected chi connectivity index (χ0v) is 20.2. The van der Waals surface area contributed by atoms with Gasteiger partial charge in [0.25, 0.3) is 0 Å². The highest BCUT2D eigenvalue weighted by Gasteiger charge is 2.38. The second kappa shape index (κ2) is 9.23. The fourth-order valence-electron chi connectivity index (χ4n) is 5.23. The first-order valence-electron chi connectivity index (χ1n) is 12.5. The molecule has 0 amide bonds. The Morgan fingerprint density at radius 2 is 1.95 bits per heavy atom. The van der Waals surface area contributed by atoms with Gasteiger partial charge in [-0.2, -0.15) is 0 Å². The molecule has 2 fully saturated rings. The fraction of sp³-hybridized carbons (Fsp3) is 0.214. The average molecular weight is 512 g/mol. The van der Waals surface area contributed by atoms with Crippen LogP contribution >= 0.6 is 0 Å². The summed E-state index contributed by atoms with van der Waals surface area (Å²) in [6, 6.07) is 7.31. The molecule has 2 saturated heterocycles. The van der Waals surface area contributed by atoms with E-state index in [2.05, 4.69) is 37.7 Å². The average Bonchev–Trinajstić information content (AvgIpc) is 3.39. The van der Waals surface area contributed by atoms with Gasteiger partial charge in [0.2, 0.25) is 0 Å². The lowest BCUT2D eigenvalue weighted by atomic mass is 9.97. The summed E-state index contributed by atoms with van der Waals surface area (Å²) >= 11 is 0. The number of nitrogens with zero attached hydrogens (tertiary/aromatic N) is 5. The molecule has 0 radical (unpaired) electrons. The number of anilines is 3. The minimum Gasteiger partial charge on any atom is -0.373 e. The number of nitrogens with one attached hydrogen (secondary N) is 2. The molecule has 7 rings (SSSR count). The number of benzene rings is 1. The van der Waals surface area contributed by atoms with Gasteiger partial charge in [-0.25, -0.2) is 23.7 Å². The van der Waals surface area contributed by atoms with Crippen molar-refractivity contribution >= 4 is 33.8 Å². The highest BCUT2D eigenvalue weighted by molar-refractivity contribution is 6.02. The summed E-state index contributed by atoms with van der Waals surface area (Å²) in [7, 11) is 0. The van der Waals surface area contributed by atoms with Gasteiger partial charge in [-0.15, -0.1) is 0 Å². The minimum atomic E-state index is -0.702. The molecular weight excluding hydrogens is 488 g/mol. The van der Waals surface area contributed by atoms with E-state index in [0.717, 1.165) is 35.4 Å². The van der Waals surface area contributed by atoms with Gasteiger partial charge in [0, 0.05) is 43.2 Å². The van der Waals surface area contributed by atoms with Crippen molar-refractivity contribution in [2.75, 3.05) is 36.5 Å². The maximum atomic E-state index is 14.2. The molecule has 38 heavy (non-hydrogen) atoms. The Labute approximate surface area is 217 Å². The topological polar surface area (TPSA) is 88.1 Å². The molecule has 0 saturated carbocycles. The van der Waals surface area contributed by atoms with Gasteiger partial charge in [-0.05, 0) is 29.8 Å². The summed E-state index contributed by atoms with van der Waals surface area (Å²) in [5.74, 6) is 0.160. The first kappa shape index (κ1) is 22.9. The quantitative estimate of drug-likeness (QED) is 0.412. The van der Waals surface area contributed by atoms with E-state index in [1.54, 1.807) is 24.5 Å². The highest BCUT2D eigenvalue weighted by Crippen LogP contribution is 2.37. The van der Waals surface area contributed by atoms with Crippen LogP contribution in [0.4, 0.5) is 26.1 Å². The molecule has 4 aromatic rings. The number of hydrogen-bond donors (Lipinski definition) is 2. The van der Waals surface area contributed by atoms with E-state index in [9.17, 15) is 8.78 Å². The molecule has 3 aliphatic rings.